The number of fused-ring (bicyclic) bond motifs is 1. The van der Waals surface area contributed by atoms with Gasteiger partial charge in [-0.3, -0.25) is 0 Å². The Morgan fingerprint density at radius 3 is 3.10 bits per heavy atom. The summed E-state index contributed by atoms with van der Waals surface area (Å²) < 4.78 is 5.88. The molecule has 5 nitrogen and oxygen atoms in total. The van der Waals surface area contributed by atoms with Gasteiger partial charge in [-0.05, 0) is 25.0 Å². The number of hydrogen-bond acceptors (Lipinski definition) is 3. The van der Waals surface area contributed by atoms with E-state index in [-0.39, 0.29) is 11.5 Å². The van der Waals surface area contributed by atoms with Gasteiger partial charge in [0.15, 0.2) is 5.96 Å². The molecule has 2 fully saturated rings. The van der Waals surface area contributed by atoms with E-state index >= 15 is 0 Å². The summed E-state index contributed by atoms with van der Waals surface area (Å²) >= 11 is 0. The van der Waals surface area contributed by atoms with Crippen LogP contribution in [-0.4, -0.2) is 29.7 Å². The van der Waals surface area contributed by atoms with Gasteiger partial charge in [-0.1, -0.05) is 19.9 Å². The van der Waals surface area contributed by atoms with Crippen LogP contribution in [0.1, 0.15) is 26.7 Å². The highest BCUT2D eigenvalue weighted by atomic mass is 16.5. The first-order valence-electron chi connectivity index (χ1n) is 7.22. The SMILES string of the molecule is CC1(C)C(N=C(N)Nc2ccccn2)C2CCCOC21. The fourth-order valence-electron chi connectivity index (χ4n) is 3.51. The van der Waals surface area contributed by atoms with Gasteiger partial charge in [0.25, 0.3) is 0 Å². The van der Waals surface area contributed by atoms with Crippen molar-refractivity contribution in [1.29, 1.82) is 0 Å². The summed E-state index contributed by atoms with van der Waals surface area (Å²) in [4.78, 5) is 8.87. The Balaban J connectivity index is 1.71. The van der Waals surface area contributed by atoms with E-state index in [1.165, 1.54) is 6.42 Å². The molecule has 0 aromatic carbocycles. The van der Waals surface area contributed by atoms with Crippen LogP contribution in [0.25, 0.3) is 0 Å². The lowest BCUT2D eigenvalue weighted by Gasteiger charge is -2.58. The van der Waals surface area contributed by atoms with Crippen LogP contribution in [0.2, 0.25) is 0 Å². The van der Waals surface area contributed by atoms with Gasteiger partial charge in [-0.25, -0.2) is 9.98 Å². The zero-order valence-corrected chi connectivity index (χ0v) is 12.0. The first-order chi connectivity index (χ1) is 9.59. The van der Waals surface area contributed by atoms with Crippen LogP contribution in [-0.2, 0) is 4.74 Å². The number of guanidine groups is 1. The molecule has 0 radical (unpaired) electrons. The van der Waals surface area contributed by atoms with E-state index in [1.807, 2.05) is 18.2 Å². The van der Waals surface area contributed by atoms with Crippen molar-refractivity contribution in [3.05, 3.63) is 24.4 Å². The van der Waals surface area contributed by atoms with Gasteiger partial charge in [0.2, 0.25) is 0 Å². The summed E-state index contributed by atoms with van der Waals surface area (Å²) in [7, 11) is 0. The minimum absolute atomic E-state index is 0.0570. The summed E-state index contributed by atoms with van der Waals surface area (Å²) in [5.41, 5.74) is 6.07. The molecule has 3 atom stereocenters. The summed E-state index contributed by atoms with van der Waals surface area (Å²) in [6.45, 7) is 5.30. The lowest BCUT2D eigenvalue weighted by atomic mass is 9.55. The van der Waals surface area contributed by atoms with Crippen LogP contribution in [0.4, 0.5) is 5.82 Å². The van der Waals surface area contributed by atoms with E-state index in [0.717, 1.165) is 18.8 Å². The van der Waals surface area contributed by atoms with Crippen LogP contribution in [0.3, 0.4) is 0 Å². The van der Waals surface area contributed by atoms with E-state index < -0.39 is 0 Å². The molecule has 20 heavy (non-hydrogen) atoms. The molecule has 0 bridgehead atoms. The lowest BCUT2D eigenvalue weighted by Crippen LogP contribution is -2.64. The molecule has 0 spiro atoms. The van der Waals surface area contributed by atoms with E-state index in [1.54, 1.807) is 6.20 Å². The first kappa shape index (κ1) is 13.4. The highest BCUT2D eigenvalue weighted by Crippen LogP contribution is 2.52. The third kappa shape index (κ3) is 2.26. The Hall–Kier alpha value is -1.62. The van der Waals surface area contributed by atoms with Crippen molar-refractivity contribution >= 4 is 11.8 Å². The Morgan fingerprint density at radius 2 is 2.35 bits per heavy atom. The smallest absolute Gasteiger partial charge is 0.194 e. The molecule has 1 saturated heterocycles. The molecule has 1 aliphatic carbocycles. The summed E-state index contributed by atoms with van der Waals surface area (Å²) in [5, 5.41) is 3.05. The molecule has 3 N–H and O–H groups in total. The van der Waals surface area contributed by atoms with Gasteiger partial charge in [-0.2, -0.15) is 0 Å². The van der Waals surface area contributed by atoms with Crippen LogP contribution >= 0.6 is 0 Å². The third-order valence-electron chi connectivity index (χ3n) is 4.47. The lowest BCUT2D eigenvalue weighted by molar-refractivity contribution is -0.182. The Labute approximate surface area is 119 Å². The molecule has 108 valence electrons. The number of anilines is 1. The minimum Gasteiger partial charge on any atom is -0.377 e. The second kappa shape index (κ2) is 5.05. The van der Waals surface area contributed by atoms with E-state index in [0.29, 0.717) is 18.0 Å². The quantitative estimate of drug-likeness (QED) is 0.639. The standard InChI is InChI=1S/C15H22N4O/c1-15(2)12(10-6-5-9-20-13(10)15)19-14(16)18-11-7-3-4-8-17-11/h3-4,7-8,10,12-13H,5-6,9H2,1-2H3,(H3,16,17,18,19). The van der Waals surface area contributed by atoms with Crippen molar-refractivity contribution < 1.29 is 4.74 Å². The van der Waals surface area contributed by atoms with Gasteiger partial charge in [0, 0.05) is 24.1 Å². The zero-order valence-electron chi connectivity index (χ0n) is 12.0. The van der Waals surface area contributed by atoms with E-state index in [9.17, 15) is 0 Å². The second-order valence-corrected chi connectivity index (χ2v) is 6.22. The van der Waals surface area contributed by atoms with Crippen molar-refractivity contribution in [3.8, 4) is 0 Å². The van der Waals surface area contributed by atoms with Crippen molar-refractivity contribution in [2.24, 2.45) is 22.1 Å². The van der Waals surface area contributed by atoms with Crippen LogP contribution in [0.15, 0.2) is 29.4 Å². The molecule has 1 saturated carbocycles. The molecule has 3 unspecified atom stereocenters. The molecule has 1 aromatic heterocycles. The van der Waals surface area contributed by atoms with Crippen molar-refractivity contribution in [3.63, 3.8) is 0 Å². The average molecular weight is 274 g/mol. The Bertz CT molecular complexity index is 500. The molecule has 3 rings (SSSR count). The maximum Gasteiger partial charge on any atom is 0.194 e. The zero-order chi connectivity index (χ0) is 14.2. The van der Waals surface area contributed by atoms with Crippen LogP contribution in [0.5, 0.6) is 0 Å². The van der Waals surface area contributed by atoms with Gasteiger partial charge in [-0.15, -0.1) is 0 Å². The van der Waals surface area contributed by atoms with Crippen molar-refractivity contribution in [1.82, 2.24) is 4.98 Å². The molecule has 1 aliphatic heterocycles. The van der Waals surface area contributed by atoms with E-state index in [4.69, 9.17) is 10.5 Å². The molecular formula is C15H22N4O. The summed E-state index contributed by atoms with van der Waals surface area (Å²) in [6.07, 6.45) is 4.36. The fourth-order valence-corrected chi connectivity index (χ4v) is 3.51. The fraction of sp³-hybridized carbons (Fsp3) is 0.600. The topological polar surface area (TPSA) is 72.5 Å². The highest BCUT2D eigenvalue weighted by molar-refractivity contribution is 5.91. The predicted molar refractivity (Wildman–Crippen MR) is 79.5 cm³/mol. The van der Waals surface area contributed by atoms with Crippen LogP contribution < -0.4 is 11.1 Å². The number of rotatable bonds is 2. The number of pyridine rings is 1. The minimum atomic E-state index is 0.0570. The predicted octanol–water partition coefficient (Wildman–Crippen LogP) is 2.01. The van der Waals surface area contributed by atoms with Gasteiger partial charge < -0.3 is 15.8 Å². The maximum absolute atomic E-state index is 6.02. The molecule has 2 heterocycles. The Kier molecular flexibility index (Phi) is 3.38. The Morgan fingerprint density at radius 1 is 1.50 bits per heavy atom. The highest BCUT2D eigenvalue weighted by Gasteiger charge is 2.58. The second-order valence-electron chi connectivity index (χ2n) is 6.22. The largest absolute Gasteiger partial charge is 0.377 e. The maximum atomic E-state index is 6.02. The number of aliphatic imine (C=N–C) groups is 1. The van der Waals surface area contributed by atoms with E-state index in [2.05, 4.69) is 29.1 Å². The first-order valence-corrected chi connectivity index (χ1v) is 7.22. The number of nitrogens with two attached hydrogens (primary N) is 1. The van der Waals surface area contributed by atoms with Gasteiger partial charge >= 0.3 is 0 Å². The summed E-state index contributed by atoms with van der Waals surface area (Å²) in [6, 6.07) is 5.89. The summed E-state index contributed by atoms with van der Waals surface area (Å²) in [5.74, 6) is 1.66. The van der Waals surface area contributed by atoms with Gasteiger partial charge in [0.05, 0.1) is 12.1 Å². The molecule has 1 aromatic rings. The number of hydrogen-bond donors (Lipinski definition) is 2. The number of nitrogens with zero attached hydrogens (tertiary/aromatic N) is 2. The molecular weight excluding hydrogens is 252 g/mol. The third-order valence-corrected chi connectivity index (χ3v) is 4.47. The van der Waals surface area contributed by atoms with Crippen LogP contribution in [0, 0.1) is 11.3 Å². The number of aromatic nitrogens is 1. The van der Waals surface area contributed by atoms with Gasteiger partial charge in [0.1, 0.15) is 5.82 Å². The monoisotopic (exact) mass is 274 g/mol. The number of nitrogens with one attached hydrogen (secondary N) is 1. The van der Waals surface area contributed by atoms with Crippen molar-refractivity contribution in [2.45, 2.75) is 38.8 Å². The molecule has 0 amide bonds. The molecule has 5 heteroatoms. The van der Waals surface area contributed by atoms with Crippen molar-refractivity contribution in [2.75, 3.05) is 11.9 Å². The normalized spacial score (nSPS) is 32.1. The number of ether oxygens (including phenoxy) is 1. The molecule has 2 aliphatic rings. The average Bonchev–Trinajstić information content (AvgIpc) is 2.46.